The second kappa shape index (κ2) is 8.75. The predicted molar refractivity (Wildman–Crippen MR) is 126 cm³/mol. The molecule has 1 atom stereocenters. The summed E-state index contributed by atoms with van der Waals surface area (Å²) < 4.78 is 33.1. The molecule has 2 aromatic heterocycles. The Morgan fingerprint density at radius 1 is 1.24 bits per heavy atom. The minimum absolute atomic E-state index is 0.0505. The lowest BCUT2D eigenvalue weighted by atomic mass is 9.97. The van der Waals surface area contributed by atoms with Crippen molar-refractivity contribution in [3.63, 3.8) is 0 Å². The summed E-state index contributed by atoms with van der Waals surface area (Å²) in [5.74, 6) is 0.172. The highest BCUT2D eigenvalue weighted by atomic mass is 32.2. The van der Waals surface area contributed by atoms with Gasteiger partial charge in [0.2, 0.25) is 0 Å². The van der Waals surface area contributed by atoms with E-state index >= 15 is 0 Å². The van der Waals surface area contributed by atoms with Crippen LogP contribution >= 0.6 is 0 Å². The van der Waals surface area contributed by atoms with Crippen molar-refractivity contribution in [2.45, 2.75) is 44.2 Å². The number of rotatable bonds is 5. The summed E-state index contributed by atoms with van der Waals surface area (Å²) in [7, 11) is -4.21. The van der Waals surface area contributed by atoms with Crippen molar-refractivity contribution in [2.24, 2.45) is 5.92 Å². The monoisotopic (exact) mass is 471 g/mol. The smallest absolute Gasteiger partial charge is 0.281 e. The van der Waals surface area contributed by atoms with Crippen LogP contribution in [0.15, 0.2) is 41.4 Å². The highest BCUT2D eigenvalue weighted by Gasteiger charge is 2.39. The Balaban J connectivity index is 1.74. The Hall–Kier alpha value is -2.98. The van der Waals surface area contributed by atoms with Gasteiger partial charge in [-0.3, -0.25) is 4.79 Å². The van der Waals surface area contributed by atoms with Crippen LogP contribution in [0.4, 0.5) is 11.6 Å². The average molecular weight is 472 g/mol. The second-order valence-corrected chi connectivity index (χ2v) is 10.8. The minimum atomic E-state index is -4.21. The second-order valence-electron chi connectivity index (χ2n) is 9.19. The Kier molecular flexibility index (Phi) is 6.15. The molecule has 2 aliphatic heterocycles. The molecule has 1 saturated heterocycles. The number of nitrogens with two attached hydrogens (primary N) is 1. The highest BCUT2D eigenvalue weighted by Crippen LogP contribution is 2.38. The third kappa shape index (κ3) is 4.86. The van der Waals surface area contributed by atoms with Crippen LogP contribution in [0.3, 0.4) is 0 Å². The van der Waals surface area contributed by atoms with Gasteiger partial charge in [-0.15, -0.1) is 0 Å². The number of sulfonamides is 1. The van der Waals surface area contributed by atoms with E-state index < -0.39 is 15.9 Å². The van der Waals surface area contributed by atoms with Crippen molar-refractivity contribution in [2.75, 3.05) is 30.4 Å². The molecule has 2 aliphatic rings. The molecule has 4 heterocycles. The zero-order valence-corrected chi connectivity index (χ0v) is 19.9. The number of pyridine rings is 2. The lowest BCUT2D eigenvalue weighted by Gasteiger charge is -2.34. The number of nitrogen functional groups attached to an aromatic ring is 1. The first kappa shape index (κ1) is 23.2. The number of amides is 1. The molecule has 0 unspecified atom stereocenters. The number of anilines is 2. The first-order valence-electron chi connectivity index (χ1n) is 10.9. The SMILES string of the molecule is C[C@@H]1CN(c2nc(C3=CCOCC3)ccc2C(=O)NS(=O)(=O)c2cccc(N)n2)C(C)(C)C1. The molecule has 3 N–H and O–H groups in total. The summed E-state index contributed by atoms with van der Waals surface area (Å²) in [6, 6.07) is 7.64. The molecule has 0 aromatic carbocycles. The standard InChI is InChI=1S/C23H29N5O4S/c1-15-13-23(2,3)28(14-15)21-17(7-8-18(25-21)16-9-11-32-12-10-16)22(29)27-33(30,31)20-6-4-5-19(24)26-20/h4-9,15H,10-14H2,1-3H3,(H2,24,26)(H,27,29)/t15-/m0/s1. The molecule has 1 amide bonds. The van der Waals surface area contributed by atoms with Crippen molar-refractivity contribution < 1.29 is 17.9 Å². The number of ether oxygens (including phenoxy) is 1. The first-order chi connectivity index (χ1) is 15.6. The normalized spacial score (nSPS) is 20.4. The number of hydrogen-bond donors (Lipinski definition) is 2. The van der Waals surface area contributed by atoms with Crippen LogP contribution in [-0.2, 0) is 14.8 Å². The maximum absolute atomic E-state index is 13.2. The van der Waals surface area contributed by atoms with Gasteiger partial charge in [0.25, 0.3) is 15.9 Å². The van der Waals surface area contributed by atoms with Gasteiger partial charge in [-0.2, -0.15) is 8.42 Å². The quantitative estimate of drug-likeness (QED) is 0.681. The number of nitrogens with zero attached hydrogens (tertiary/aromatic N) is 3. The molecular formula is C23H29N5O4S. The van der Waals surface area contributed by atoms with Crippen LogP contribution in [0.25, 0.3) is 5.57 Å². The van der Waals surface area contributed by atoms with E-state index in [0.29, 0.717) is 24.9 Å². The number of nitrogens with one attached hydrogen (secondary N) is 1. The van der Waals surface area contributed by atoms with Gasteiger partial charge in [0, 0.05) is 12.1 Å². The Bertz CT molecular complexity index is 1210. The molecule has 33 heavy (non-hydrogen) atoms. The molecule has 0 aliphatic carbocycles. The number of aromatic nitrogens is 2. The average Bonchev–Trinajstić information content (AvgIpc) is 3.05. The van der Waals surface area contributed by atoms with Crippen molar-refractivity contribution in [3.05, 3.63) is 47.7 Å². The van der Waals surface area contributed by atoms with Gasteiger partial charge in [0.05, 0.1) is 24.5 Å². The lowest BCUT2D eigenvalue weighted by Crippen LogP contribution is -2.41. The van der Waals surface area contributed by atoms with Crippen LogP contribution in [0, 0.1) is 5.92 Å². The van der Waals surface area contributed by atoms with Gasteiger partial charge in [-0.25, -0.2) is 14.7 Å². The summed E-state index contributed by atoms with van der Waals surface area (Å²) in [6.45, 7) is 8.22. The molecule has 1 fully saturated rings. The van der Waals surface area contributed by atoms with E-state index in [0.717, 1.165) is 30.7 Å². The van der Waals surface area contributed by atoms with Gasteiger partial charge < -0.3 is 15.4 Å². The highest BCUT2D eigenvalue weighted by molar-refractivity contribution is 7.90. The van der Waals surface area contributed by atoms with Crippen molar-refractivity contribution >= 4 is 33.1 Å². The van der Waals surface area contributed by atoms with E-state index in [4.69, 9.17) is 15.5 Å². The number of carbonyl (C=O) groups is 1. The van der Waals surface area contributed by atoms with Gasteiger partial charge in [-0.1, -0.05) is 19.1 Å². The van der Waals surface area contributed by atoms with Crippen LogP contribution in [0.2, 0.25) is 0 Å². The fourth-order valence-electron chi connectivity index (χ4n) is 4.54. The predicted octanol–water partition coefficient (Wildman–Crippen LogP) is 2.61. The first-order valence-corrected chi connectivity index (χ1v) is 12.4. The molecule has 9 nitrogen and oxygen atoms in total. The molecular weight excluding hydrogens is 442 g/mol. The van der Waals surface area contributed by atoms with Gasteiger partial charge in [0.1, 0.15) is 11.6 Å². The van der Waals surface area contributed by atoms with E-state index in [1.165, 1.54) is 18.2 Å². The van der Waals surface area contributed by atoms with Gasteiger partial charge in [0.15, 0.2) is 5.03 Å². The van der Waals surface area contributed by atoms with E-state index in [2.05, 4.69) is 35.4 Å². The minimum Gasteiger partial charge on any atom is -0.384 e. The van der Waals surface area contributed by atoms with Crippen LogP contribution in [0.5, 0.6) is 0 Å². The van der Waals surface area contributed by atoms with E-state index in [9.17, 15) is 13.2 Å². The van der Waals surface area contributed by atoms with E-state index in [-0.39, 0.29) is 21.9 Å². The number of hydrogen-bond acceptors (Lipinski definition) is 8. The maximum atomic E-state index is 13.2. The van der Waals surface area contributed by atoms with Gasteiger partial charge >= 0.3 is 0 Å². The maximum Gasteiger partial charge on any atom is 0.281 e. The summed E-state index contributed by atoms with van der Waals surface area (Å²) in [5.41, 5.74) is 7.39. The third-order valence-electron chi connectivity index (χ3n) is 5.99. The van der Waals surface area contributed by atoms with Crippen LogP contribution in [-0.4, -0.2) is 49.6 Å². The third-order valence-corrected chi connectivity index (χ3v) is 7.22. The molecule has 0 bridgehead atoms. The lowest BCUT2D eigenvalue weighted by molar-refractivity contribution is 0.0981. The van der Waals surface area contributed by atoms with Crippen LogP contribution in [0.1, 0.15) is 49.7 Å². The summed E-state index contributed by atoms with van der Waals surface area (Å²) >= 11 is 0. The summed E-state index contributed by atoms with van der Waals surface area (Å²) in [6.07, 6.45) is 3.65. The Morgan fingerprint density at radius 2 is 2.03 bits per heavy atom. The fourth-order valence-corrected chi connectivity index (χ4v) is 5.48. The van der Waals surface area contributed by atoms with Crippen LogP contribution < -0.4 is 15.4 Å². The fraction of sp³-hybridized carbons (Fsp3) is 0.435. The molecule has 0 radical (unpaired) electrons. The van der Waals surface area contributed by atoms with E-state index in [1.54, 1.807) is 12.1 Å². The van der Waals surface area contributed by atoms with Gasteiger partial charge in [-0.05, 0) is 62.4 Å². The van der Waals surface area contributed by atoms with Crippen molar-refractivity contribution in [1.82, 2.24) is 14.7 Å². The summed E-state index contributed by atoms with van der Waals surface area (Å²) in [4.78, 5) is 24.0. The zero-order chi connectivity index (χ0) is 23.8. The van der Waals surface area contributed by atoms with Crippen molar-refractivity contribution in [3.8, 4) is 0 Å². The molecule has 0 saturated carbocycles. The molecule has 176 valence electrons. The molecule has 0 spiro atoms. The molecule has 2 aromatic rings. The summed E-state index contributed by atoms with van der Waals surface area (Å²) in [5, 5.41) is -0.315. The molecule has 4 rings (SSSR count). The Labute approximate surface area is 194 Å². The molecule has 10 heteroatoms. The van der Waals surface area contributed by atoms with E-state index in [1.807, 2.05) is 6.08 Å². The number of carbonyl (C=O) groups excluding carboxylic acids is 1. The topological polar surface area (TPSA) is 128 Å². The zero-order valence-electron chi connectivity index (χ0n) is 19.0. The Morgan fingerprint density at radius 3 is 2.67 bits per heavy atom. The largest absolute Gasteiger partial charge is 0.384 e. The van der Waals surface area contributed by atoms with Crippen molar-refractivity contribution in [1.29, 1.82) is 0 Å².